The van der Waals surface area contributed by atoms with Gasteiger partial charge in [-0.05, 0) is 38.5 Å². The van der Waals surface area contributed by atoms with Gasteiger partial charge in [0.1, 0.15) is 0 Å². The fourth-order valence-corrected chi connectivity index (χ4v) is 1.33. The van der Waals surface area contributed by atoms with Crippen molar-refractivity contribution in [2.24, 2.45) is 11.8 Å². The van der Waals surface area contributed by atoms with Gasteiger partial charge >= 0.3 is 0 Å². The van der Waals surface area contributed by atoms with Crippen LogP contribution in [0.1, 0.15) is 40.5 Å². The molecule has 13 heavy (non-hydrogen) atoms. The van der Waals surface area contributed by atoms with Crippen LogP contribution in [-0.4, -0.2) is 23.3 Å². The van der Waals surface area contributed by atoms with E-state index in [2.05, 4.69) is 26.1 Å². The standard InChI is InChI=1S/C11H23NO/c1-8(2)11(4,13)7-12-9(3)10-5-6-10/h8-10,12-13H,5-7H2,1-4H3. The Balaban J connectivity index is 2.23. The molecule has 2 unspecified atom stereocenters. The van der Waals surface area contributed by atoms with Crippen LogP contribution in [0.15, 0.2) is 0 Å². The van der Waals surface area contributed by atoms with Crippen molar-refractivity contribution in [1.82, 2.24) is 5.32 Å². The van der Waals surface area contributed by atoms with E-state index in [4.69, 9.17) is 0 Å². The van der Waals surface area contributed by atoms with Crippen LogP contribution in [0.5, 0.6) is 0 Å². The number of rotatable bonds is 5. The lowest BCUT2D eigenvalue weighted by atomic mass is 9.92. The third-order valence-electron chi connectivity index (χ3n) is 3.35. The first-order chi connectivity index (χ1) is 5.93. The van der Waals surface area contributed by atoms with E-state index in [-0.39, 0.29) is 0 Å². The third-order valence-corrected chi connectivity index (χ3v) is 3.35. The SMILES string of the molecule is CC(NCC(C)(O)C(C)C)C1CC1. The molecule has 2 atom stereocenters. The molecular weight excluding hydrogens is 162 g/mol. The summed E-state index contributed by atoms with van der Waals surface area (Å²) in [6.45, 7) is 8.95. The maximum atomic E-state index is 9.98. The van der Waals surface area contributed by atoms with Gasteiger partial charge in [0.05, 0.1) is 5.60 Å². The predicted molar refractivity (Wildman–Crippen MR) is 55.7 cm³/mol. The molecule has 2 heteroatoms. The summed E-state index contributed by atoms with van der Waals surface area (Å²) in [6.07, 6.45) is 2.72. The molecule has 1 fully saturated rings. The smallest absolute Gasteiger partial charge is 0.0766 e. The summed E-state index contributed by atoms with van der Waals surface area (Å²) in [5.41, 5.74) is -0.566. The van der Waals surface area contributed by atoms with Gasteiger partial charge in [-0.2, -0.15) is 0 Å². The first-order valence-electron chi connectivity index (χ1n) is 5.39. The lowest BCUT2D eigenvalue weighted by Gasteiger charge is -2.29. The number of hydrogen-bond donors (Lipinski definition) is 2. The molecule has 0 bridgehead atoms. The zero-order valence-corrected chi connectivity index (χ0v) is 9.30. The van der Waals surface area contributed by atoms with E-state index < -0.39 is 5.60 Å². The molecule has 0 aromatic carbocycles. The van der Waals surface area contributed by atoms with Crippen molar-refractivity contribution >= 4 is 0 Å². The van der Waals surface area contributed by atoms with E-state index in [0.717, 1.165) is 5.92 Å². The topological polar surface area (TPSA) is 32.3 Å². The van der Waals surface area contributed by atoms with Gasteiger partial charge < -0.3 is 10.4 Å². The number of nitrogens with one attached hydrogen (secondary N) is 1. The molecule has 2 nitrogen and oxygen atoms in total. The molecule has 0 radical (unpaired) electrons. The van der Waals surface area contributed by atoms with Gasteiger partial charge in [0, 0.05) is 12.6 Å². The molecule has 0 aromatic heterocycles. The molecular formula is C11H23NO. The average Bonchev–Trinajstić information content (AvgIpc) is 2.82. The van der Waals surface area contributed by atoms with Crippen molar-refractivity contribution in [2.45, 2.75) is 52.2 Å². The van der Waals surface area contributed by atoms with Crippen molar-refractivity contribution in [1.29, 1.82) is 0 Å². The zero-order valence-electron chi connectivity index (χ0n) is 9.30. The van der Waals surface area contributed by atoms with Crippen LogP contribution < -0.4 is 5.32 Å². The summed E-state index contributed by atoms with van der Waals surface area (Å²) >= 11 is 0. The highest BCUT2D eigenvalue weighted by atomic mass is 16.3. The Morgan fingerprint density at radius 1 is 1.38 bits per heavy atom. The molecule has 0 saturated heterocycles. The second-order valence-electron chi connectivity index (χ2n) is 5.02. The average molecular weight is 185 g/mol. The highest BCUT2D eigenvalue weighted by Gasteiger charge is 2.30. The third kappa shape index (κ3) is 3.28. The van der Waals surface area contributed by atoms with Gasteiger partial charge in [0.25, 0.3) is 0 Å². The highest BCUT2D eigenvalue weighted by Crippen LogP contribution is 2.32. The minimum absolute atomic E-state index is 0.311. The molecule has 78 valence electrons. The molecule has 1 saturated carbocycles. The van der Waals surface area contributed by atoms with Gasteiger partial charge in [-0.3, -0.25) is 0 Å². The van der Waals surface area contributed by atoms with E-state index in [0.29, 0.717) is 18.5 Å². The fraction of sp³-hybridized carbons (Fsp3) is 1.00. The van der Waals surface area contributed by atoms with Gasteiger partial charge in [-0.25, -0.2) is 0 Å². The van der Waals surface area contributed by atoms with Crippen molar-refractivity contribution in [3.63, 3.8) is 0 Å². The second-order valence-corrected chi connectivity index (χ2v) is 5.02. The molecule has 0 aromatic rings. The summed E-state index contributed by atoms with van der Waals surface area (Å²) in [5, 5.41) is 13.4. The van der Waals surface area contributed by atoms with Crippen molar-refractivity contribution < 1.29 is 5.11 Å². The lowest BCUT2D eigenvalue weighted by molar-refractivity contribution is 0.0117. The van der Waals surface area contributed by atoms with Crippen LogP contribution >= 0.6 is 0 Å². The summed E-state index contributed by atoms with van der Waals surface area (Å²) in [6, 6.07) is 0.574. The quantitative estimate of drug-likeness (QED) is 0.684. The molecule has 0 aliphatic heterocycles. The fourth-order valence-electron chi connectivity index (χ4n) is 1.33. The number of aliphatic hydroxyl groups is 1. The van der Waals surface area contributed by atoms with E-state index in [9.17, 15) is 5.11 Å². The van der Waals surface area contributed by atoms with Crippen molar-refractivity contribution in [3.05, 3.63) is 0 Å². The lowest BCUT2D eigenvalue weighted by Crippen LogP contribution is -2.45. The second kappa shape index (κ2) is 3.97. The first kappa shape index (κ1) is 11.0. The molecule has 1 rings (SSSR count). The number of hydrogen-bond acceptors (Lipinski definition) is 2. The summed E-state index contributed by atoms with van der Waals surface area (Å²) in [5.74, 6) is 1.18. The monoisotopic (exact) mass is 185 g/mol. The van der Waals surface area contributed by atoms with E-state index >= 15 is 0 Å². The Bertz CT molecular complexity index is 161. The first-order valence-corrected chi connectivity index (χ1v) is 5.39. The minimum atomic E-state index is -0.566. The molecule has 1 aliphatic rings. The van der Waals surface area contributed by atoms with Gasteiger partial charge in [-0.15, -0.1) is 0 Å². The summed E-state index contributed by atoms with van der Waals surface area (Å²) in [4.78, 5) is 0. The highest BCUT2D eigenvalue weighted by molar-refractivity contribution is 4.86. The predicted octanol–water partition coefficient (Wildman–Crippen LogP) is 1.78. The van der Waals surface area contributed by atoms with Gasteiger partial charge in [-0.1, -0.05) is 13.8 Å². The maximum Gasteiger partial charge on any atom is 0.0766 e. The summed E-state index contributed by atoms with van der Waals surface area (Å²) < 4.78 is 0. The van der Waals surface area contributed by atoms with Gasteiger partial charge in [0.2, 0.25) is 0 Å². The van der Waals surface area contributed by atoms with Crippen molar-refractivity contribution in [2.75, 3.05) is 6.54 Å². The van der Waals surface area contributed by atoms with Crippen LogP contribution in [0, 0.1) is 11.8 Å². The Kier molecular flexibility index (Phi) is 3.36. The molecule has 0 spiro atoms. The Morgan fingerprint density at radius 2 is 1.92 bits per heavy atom. The molecule has 2 N–H and O–H groups in total. The van der Waals surface area contributed by atoms with Gasteiger partial charge in [0.15, 0.2) is 0 Å². The Morgan fingerprint density at radius 3 is 2.31 bits per heavy atom. The normalized spacial score (nSPS) is 24.5. The molecule has 0 heterocycles. The van der Waals surface area contributed by atoms with Crippen LogP contribution in [0.2, 0.25) is 0 Å². The van der Waals surface area contributed by atoms with E-state index in [1.807, 2.05) is 6.92 Å². The van der Waals surface area contributed by atoms with Crippen LogP contribution in [-0.2, 0) is 0 Å². The molecule has 0 amide bonds. The summed E-state index contributed by atoms with van der Waals surface area (Å²) in [7, 11) is 0. The molecule has 1 aliphatic carbocycles. The van der Waals surface area contributed by atoms with Crippen LogP contribution in [0.3, 0.4) is 0 Å². The Labute approximate surface area is 81.7 Å². The minimum Gasteiger partial charge on any atom is -0.389 e. The zero-order chi connectivity index (χ0) is 10.1. The van der Waals surface area contributed by atoms with Crippen LogP contribution in [0.4, 0.5) is 0 Å². The largest absolute Gasteiger partial charge is 0.389 e. The Hall–Kier alpha value is -0.0800. The van der Waals surface area contributed by atoms with E-state index in [1.54, 1.807) is 0 Å². The van der Waals surface area contributed by atoms with E-state index in [1.165, 1.54) is 12.8 Å². The van der Waals surface area contributed by atoms with Crippen LogP contribution in [0.25, 0.3) is 0 Å². The maximum absolute atomic E-state index is 9.98. The van der Waals surface area contributed by atoms with Crippen molar-refractivity contribution in [3.8, 4) is 0 Å².